The molecule has 1 aliphatic rings. The van der Waals surface area contributed by atoms with Gasteiger partial charge in [0.25, 0.3) is 0 Å². The molecule has 1 saturated carbocycles. The molecule has 82 valence electrons. The first-order valence-electron chi connectivity index (χ1n) is 5.99. The van der Waals surface area contributed by atoms with E-state index >= 15 is 0 Å². The Kier molecular flexibility index (Phi) is 4.15. The summed E-state index contributed by atoms with van der Waals surface area (Å²) < 4.78 is 0. The van der Waals surface area contributed by atoms with Crippen molar-refractivity contribution in [1.29, 1.82) is 0 Å². The van der Waals surface area contributed by atoms with E-state index in [2.05, 4.69) is 20.8 Å². The average molecular weight is 196 g/mol. The molecule has 0 amide bonds. The Hall–Kier alpha value is -0.330. The third-order valence-corrected chi connectivity index (χ3v) is 3.14. The zero-order valence-electron chi connectivity index (χ0n) is 9.94. The maximum absolute atomic E-state index is 11.6. The van der Waals surface area contributed by atoms with Gasteiger partial charge in [0.2, 0.25) is 0 Å². The number of rotatable bonds is 4. The first-order chi connectivity index (χ1) is 6.47. The minimum atomic E-state index is 0.311. The summed E-state index contributed by atoms with van der Waals surface area (Å²) in [5.74, 6) is 1.22. The van der Waals surface area contributed by atoms with Crippen LogP contribution < -0.4 is 0 Å². The minimum absolute atomic E-state index is 0.311. The molecule has 1 fully saturated rings. The van der Waals surface area contributed by atoms with Gasteiger partial charge in [0, 0.05) is 12.8 Å². The van der Waals surface area contributed by atoms with Crippen LogP contribution in [0.3, 0.4) is 0 Å². The van der Waals surface area contributed by atoms with Crippen LogP contribution in [0.2, 0.25) is 0 Å². The van der Waals surface area contributed by atoms with Crippen LogP contribution in [0.4, 0.5) is 0 Å². The standard InChI is InChI=1S/C13H24O/c1-13(2,3)9-8-12(14)10-11-6-4-5-7-11/h11H,4-10H2,1-3H3. The summed E-state index contributed by atoms with van der Waals surface area (Å²) in [5, 5.41) is 0. The smallest absolute Gasteiger partial charge is 0.133 e. The maximum atomic E-state index is 11.6. The van der Waals surface area contributed by atoms with Crippen molar-refractivity contribution in [1.82, 2.24) is 0 Å². The summed E-state index contributed by atoms with van der Waals surface area (Å²) in [7, 11) is 0. The van der Waals surface area contributed by atoms with Crippen molar-refractivity contribution < 1.29 is 4.79 Å². The van der Waals surface area contributed by atoms with Crippen LogP contribution in [0.5, 0.6) is 0 Å². The molecule has 14 heavy (non-hydrogen) atoms. The molecule has 0 aliphatic heterocycles. The first kappa shape index (κ1) is 11.7. The number of carbonyl (C=O) groups excluding carboxylic acids is 1. The average Bonchev–Trinajstić information content (AvgIpc) is 2.52. The van der Waals surface area contributed by atoms with Gasteiger partial charge < -0.3 is 0 Å². The Morgan fingerprint density at radius 3 is 2.29 bits per heavy atom. The van der Waals surface area contributed by atoms with Crippen LogP contribution in [-0.4, -0.2) is 5.78 Å². The summed E-state index contributed by atoms with van der Waals surface area (Å²) in [5.41, 5.74) is 0.311. The van der Waals surface area contributed by atoms with Crippen LogP contribution in [0, 0.1) is 11.3 Å². The van der Waals surface area contributed by atoms with E-state index in [1.807, 2.05) is 0 Å². The van der Waals surface area contributed by atoms with Gasteiger partial charge in [-0.3, -0.25) is 4.79 Å². The molecular weight excluding hydrogens is 172 g/mol. The first-order valence-corrected chi connectivity index (χ1v) is 5.99. The predicted octanol–water partition coefficient (Wildman–Crippen LogP) is 3.96. The molecule has 0 unspecified atom stereocenters. The fourth-order valence-corrected chi connectivity index (χ4v) is 2.15. The molecule has 0 aromatic rings. The van der Waals surface area contributed by atoms with Crippen LogP contribution >= 0.6 is 0 Å². The van der Waals surface area contributed by atoms with Crippen molar-refractivity contribution in [3.05, 3.63) is 0 Å². The van der Waals surface area contributed by atoms with E-state index in [4.69, 9.17) is 0 Å². The van der Waals surface area contributed by atoms with Gasteiger partial charge in [0.15, 0.2) is 0 Å². The maximum Gasteiger partial charge on any atom is 0.133 e. The fraction of sp³-hybridized carbons (Fsp3) is 0.923. The molecule has 0 bridgehead atoms. The Morgan fingerprint density at radius 2 is 1.79 bits per heavy atom. The van der Waals surface area contributed by atoms with E-state index in [-0.39, 0.29) is 0 Å². The van der Waals surface area contributed by atoms with Crippen molar-refractivity contribution in [2.45, 2.75) is 65.7 Å². The van der Waals surface area contributed by atoms with Crippen LogP contribution in [-0.2, 0) is 4.79 Å². The molecule has 1 rings (SSSR count). The van der Waals surface area contributed by atoms with E-state index in [0.29, 0.717) is 11.2 Å². The molecule has 0 radical (unpaired) electrons. The molecule has 0 N–H and O–H groups in total. The Morgan fingerprint density at radius 1 is 1.21 bits per heavy atom. The largest absolute Gasteiger partial charge is 0.300 e. The molecular formula is C13H24O. The monoisotopic (exact) mass is 196 g/mol. The van der Waals surface area contributed by atoms with Gasteiger partial charge >= 0.3 is 0 Å². The van der Waals surface area contributed by atoms with E-state index in [1.54, 1.807) is 0 Å². The highest BCUT2D eigenvalue weighted by Crippen LogP contribution is 2.29. The van der Waals surface area contributed by atoms with Crippen LogP contribution in [0.15, 0.2) is 0 Å². The molecule has 0 saturated heterocycles. The Labute approximate surface area is 88.3 Å². The normalized spacial score (nSPS) is 18.8. The van der Waals surface area contributed by atoms with Crippen molar-refractivity contribution >= 4 is 5.78 Å². The fourth-order valence-electron chi connectivity index (χ4n) is 2.15. The molecule has 1 nitrogen and oxygen atoms in total. The lowest BCUT2D eigenvalue weighted by Gasteiger charge is -2.17. The zero-order valence-corrected chi connectivity index (χ0v) is 9.94. The molecule has 0 aromatic carbocycles. The summed E-state index contributed by atoms with van der Waals surface area (Å²) in [6, 6.07) is 0. The highest BCUT2D eigenvalue weighted by molar-refractivity contribution is 5.78. The third kappa shape index (κ3) is 4.78. The van der Waals surface area contributed by atoms with Gasteiger partial charge in [0.1, 0.15) is 5.78 Å². The highest BCUT2D eigenvalue weighted by Gasteiger charge is 2.19. The van der Waals surface area contributed by atoms with Gasteiger partial charge in [0.05, 0.1) is 0 Å². The molecule has 0 aromatic heterocycles. The Balaban J connectivity index is 2.15. The number of hydrogen-bond acceptors (Lipinski definition) is 1. The topological polar surface area (TPSA) is 17.1 Å². The lowest BCUT2D eigenvalue weighted by atomic mass is 9.88. The third-order valence-electron chi connectivity index (χ3n) is 3.14. The molecule has 1 aliphatic carbocycles. The van der Waals surface area contributed by atoms with Crippen molar-refractivity contribution in [3.8, 4) is 0 Å². The van der Waals surface area contributed by atoms with E-state index in [1.165, 1.54) is 25.7 Å². The second-order valence-corrected chi connectivity index (χ2v) is 5.95. The zero-order chi connectivity index (χ0) is 10.6. The molecule has 0 spiro atoms. The summed E-state index contributed by atoms with van der Waals surface area (Å²) in [6.45, 7) is 6.61. The van der Waals surface area contributed by atoms with Gasteiger partial charge in [-0.05, 0) is 17.8 Å². The van der Waals surface area contributed by atoms with Crippen molar-refractivity contribution in [2.24, 2.45) is 11.3 Å². The molecule has 1 heteroatoms. The van der Waals surface area contributed by atoms with Crippen LogP contribution in [0.25, 0.3) is 0 Å². The summed E-state index contributed by atoms with van der Waals surface area (Å²) >= 11 is 0. The van der Waals surface area contributed by atoms with Gasteiger partial charge in [-0.2, -0.15) is 0 Å². The molecule has 0 heterocycles. The summed E-state index contributed by atoms with van der Waals surface area (Å²) in [4.78, 5) is 11.6. The minimum Gasteiger partial charge on any atom is -0.300 e. The lowest BCUT2D eigenvalue weighted by molar-refractivity contribution is -0.120. The lowest BCUT2D eigenvalue weighted by Crippen LogP contribution is -2.11. The van der Waals surface area contributed by atoms with E-state index in [9.17, 15) is 4.79 Å². The van der Waals surface area contributed by atoms with E-state index < -0.39 is 0 Å². The quantitative estimate of drug-likeness (QED) is 0.665. The number of Topliss-reactive ketones (excluding diaryl/α,β-unsaturated/α-hetero) is 1. The van der Waals surface area contributed by atoms with Gasteiger partial charge in [-0.15, -0.1) is 0 Å². The van der Waals surface area contributed by atoms with Gasteiger partial charge in [-0.25, -0.2) is 0 Å². The SMILES string of the molecule is CC(C)(C)CCC(=O)CC1CCCC1. The van der Waals surface area contributed by atoms with Crippen molar-refractivity contribution in [2.75, 3.05) is 0 Å². The van der Waals surface area contributed by atoms with E-state index in [0.717, 1.165) is 25.2 Å². The van der Waals surface area contributed by atoms with Crippen molar-refractivity contribution in [3.63, 3.8) is 0 Å². The molecule has 0 atom stereocenters. The van der Waals surface area contributed by atoms with Gasteiger partial charge in [-0.1, -0.05) is 46.5 Å². The summed E-state index contributed by atoms with van der Waals surface area (Å²) in [6.07, 6.45) is 7.96. The second kappa shape index (κ2) is 4.95. The predicted molar refractivity (Wildman–Crippen MR) is 60.3 cm³/mol. The number of hydrogen-bond donors (Lipinski definition) is 0. The number of carbonyl (C=O) groups is 1. The van der Waals surface area contributed by atoms with Crippen LogP contribution in [0.1, 0.15) is 65.7 Å². The highest BCUT2D eigenvalue weighted by atomic mass is 16.1. The second-order valence-electron chi connectivity index (χ2n) is 5.95. The Bertz CT molecular complexity index is 182. The number of ketones is 1.